The van der Waals surface area contributed by atoms with Gasteiger partial charge in [-0.05, 0) is 13.0 Å². The van der Waals surface area contributed by atoms with Crippen LogP contribution in [-0.2, 0) is 9.53 Å². The molecule has 22 heavy (non-hydrogen) atoms. The first-order valence-corrected chi connectivity index (χ1v) is 6.33. The largest absolute Gasteiger partial charge is 0.465 e. The normalized spacial score (nSPS) is 11.9. The van der Waals surface area contributed by atoms with Crippen LogP contribution in [0.25, 0.3) is 0 Å². The number of nitrogens with zero attached hydrogens (tertiary/aromatic N) is 3. The lowest BCUT2D eigenvalue weighted by atomic mass is 10.2. The second-order valence-electron chi connectivity index (χ2n) is 3.76. The maximum absolute atomic E-state index is 11.2. The zero-order chi connectivity index (χ0) is 16.7. The monoisotopic (exact) mass is 330 g/mol. The number of esters is 1. The highest BCUT2D eigenvalue weighted by Gasteiger charge is 2.19. The molecule has 0 saturated heterocycles. The van der Waals surface area contributed by atoms with E-state index in [-0.39, 0.29) is 12.3 Å². The topological polar surface area (TPSA) is 137 Å². The molecule has 1 rings (SSSR count). The molecule has 1 aromatic rings. The number of nitrogens with one attached hydrogen (secondary N) is 1. The van der Waals surface area contributed by atoms with Crippen molar-refractivity contribution < 1.29 is 19.4 Å². The fourth-order valence-electron chi connectivity index (χ4n) is 1.33. The van der Waals surface area contributed by atoms with Crippen LogP contribution in [0.4, 0.5) is 17.1 Å². The van der Waals surface area contributed by atoms with E-state index in [1.165, 1.54) is 0 Å². The van der Waals surface area contributed by atoms with Crippen LogP contribution in [0.3, 0.4) is 0 Å². The molecule has 118 valence electrons. The van der Waals surface area contributed by atoms with E-state index in [0.29, 0.717) is 0 Å². The first-order chi connectivity index (χ1) is 10.4. The molecular formula is C11H11ClN4O6. The van der Waals surface area contributed by atoms with Crippen LogP contribution in [-0.4, -0.2) is 34.0 Å². The van der Waals surface area contributed by atoms with Crippen LogP contribution >= 0.6 is 11.6 Å². The smallest absolute Gasteiger partial charge is 0.329 e. The second kappa shape index (κ2) is 7.88. The third-order valence-corrected chi connectivity index (χ3v) is 2.58. The summed E-state index contributed by atoms with van der Waals surface area (Å²) in [5.74, 6) is -0.715. The predicted octanol–water partition coefficient (Wildman–Crippen LogP) is 2.07. The van der Waals surface area contributed by atoms with Gasteiger partial charge in [-0.15, -0.1) is 11.6 Å². The molecule has 0 radical (unpaired) electrons. The fourth-order valence-corrected chi connectivity index (χ4v) is 1.45. The predicted molar refractivity (Wildman–Crippen MR) is 78.1 cm³/mol. The van der Waals surface area contributed by atoms with Crippen LogP contribution in [0.2, 0.25) is 0 Å². The summed E-state index contributed by atoms with van der Waals surface area (Å²) in [6.45, 7) is 1.76. The highest BCUT2D eigenvalue weighted by atomic mass is 35.5. The highest BCUT2D eigenvalue weighted by Crippen LogP contribution is 2.28. The van der Waals surface area contributed by atoms with Crippen molar-refractivity contribution in [1.82, 2.24) is 0 Å². The van der Waals surface area contributed by atoms with Crippen molar-refractivity contribution in [2.75, 3.05) is 12.0 Å². The van der Waals surface area contributed by atoms with Gasteiger partial charge >= 0.3 is 11.7 Å². The molecule has 0 spiro atoms. The van der Waals surface area contributed by atoms with Crippen molar-refractivity contribution in [2.24, 2.45) is 5.10 Å². The average Bonchev–Trinajstić information content (AvgIpc) is 2.47. The summed E-state index contributed by atoms with van der Waals surface area (Å²) in [6.07, 6.45) is 0.991. The van der Waals surface area contributed by atoms with E-state index in [1.54, 1.807) is 6.92 Å². The zero-order valence-corrected chi connectivity index (χ0v) is 12.0. The van der Waals surface area contributed by atoms with Gasteiger partial charge in [-0.2, -0.15) is 5.10 Å². The van der Waals surface area contributed by atoms with Crippen LogP contribution < -0.4 is 5.43 Å². The van der Waals surface area contributed by atoms with Gasteiger partial charge in [0.25, 0.3) is 5.69 Å². The minimum Gasteiger partial charge on any atom is -0.465 e. The number of hydrazone groups is 1. The van der Waals surface area contributed by atoms with Crippen molar-refractivity contribution in [3.63, 3.8) is 0 Å². The van der Waals surface area contributed by atoms with Gasteiger partial charge in [0.1, 0.15) is 5.69 Å². The van der Waals surface area contributed by atoms with Crippen molar-refractivity contribution in [2.45, 2.75) is 12.3 Å². The third kappa shape index (κ3) is 4.66. The van der Waals surface area contributed by atoms with Gasteiger partial charge in [0.05, 0.1) is 28.7 Å². The molecule has 0 saturated carbocycles. The van der Waals surface area contributed by atoms with E-state index >= 15 is 0 Å². The van der Waals surface area contributed by atoms with Gasteiger partial charge in [-0.1, -0.05) is 0 Å². The Morgan fingerprint density at radius 3 is 2.68 bits per heavy atom. The molecule has 1 atom stereocenters. The number of halogens is 1. The Morgan fingerprint density at radius 2 is 2.14 bits per heavy atom. The van der Waals surface area contributed by atoms with Crippen molar-refractivity contribution in [1.29, 1.82) is 0 Å². The van der Waals surface area contributed by atoms with Crippen molar-refractivity contribution in [3.05, 3.63) is 38.4 Å². The summed E-state index contributed by atoms with van der Waals surface area (Å²) < 4.78 is 4.64. The minimum absolute atomic E-state index is 0.0837. The number of hydrogen-bond acceptors (Lipinski definition) is 8. The summed E-state index contributed by atoms with van der Waals surface area (Å²) in [5.41, 5.74) is 1.26. The summed E-state index contributed by atoms with van der Waals surface area (Å²) in [5, 5.41) is 23.9. The summed E-state index contributed by atoms with van der Waals surface area (Å²) >= 11 is 5.66. The van der Waals surface area contributed by atoms with Gasteiger partial charge in [-0.25, -0.2) is 0 Å². The fraction of sp³-hybridized carbons (Fsp3) is 0.273. The van der Waals surface area contributed by atoms with Crippen molar-refractivity contribution >= 4 is 40.8 Å². The number of nitro groups is 2. The molecule has 0 unspecified atom stereocenters. The lowest BCUT2D eigenvalue weighted by Crippen LogP contribution is -2.19. The standard InChI is InChI=1S/C11H11ClN4O6/c1-2-22-11(17)8(12)6-13-14-9-4-3-7(15(18)19)5-10(9)16(20)21/h3-6,8,14H,2H2,1H3/b13-6-/t8-/m0/s1. The Labute approximate surface area is 129 Å². The Kier molecular flexibility index (Phi) is 6.20. The van der Waals surface area contributed by atoms with E-state index in [9.17, 15) is 25.0 Å². The Balaban J connectivity index is 2.87. The molecule has 0 heterocycles. The van der Waals surface area contributed by atoms with E-state index in [4.69, 9.17) is 11.6 Å². The number of rotatable bonds is 7. The summed E-state index contributed by atoms with van der Waals surface area (Å²) in [6, 6.07) is 3.00. The number of carbonyl (C=O) groups excluding carboxylic acids is 1. The zero-order valence-electron chi connectivity index (χ0n) is 11.3. The first kappa shape index (κ1) is 17.3. The SMILES string of the molecule is CCOC(=O)[C@@H](Cl)/C=N\Nc1ccc([N+](=O)[O-])cc1[N+](=O)[O-]. The molecule has 0 fully saturated rings. The maximum Gasteiger partial charge on any atom is 0.329 e. The van der Waals surface area contributed by atoms with Gasteiger partial charge in [-0.3, -0.25) is 30.4 Å². The van der Waals surface area contributed by atoms with Crippen LogP contribution in [0.5, 0.6) is 0 Å². The lowest BCUT2D eigenvalue weighted by molar-refractivity contribution is -0.393. The molecule has 0 aliphatic heterocycles. The van der Waals surface area contributed by atoms with Crippen LogP contribution in [0.1, 0.15) is 6.92 Å². The molecule has 1 N–H and O–H groups in total. The van der Waals surface area contributed by atoms with E-state index in [2.05, 4.69) is 15.3 Å². The van der Waals surface area contributed by atoms with Crippen molar-refractivity contribution in [3.8, 4) is 0 Å². The number of anilines is 1. The molecule has 0 bridgehead atoms. The number of ether oxygens (including phenoxy) is 1. The number of carbonyl (C=O) groups is 1. The lowest BCUT2D eigenvalue weighted by Gasteiger charge is -2.04. The molecular weight excluding hydrogens is 320 g/mol. The Hall–Kier alpha value is -2.75. The first-order valence-electron chi connectivity index (χ1n) is 5.89. The molecule has 0 aromatic heterocycles. The average molecular weight is 331 g/mol. The van der Waals surface area contributed by atoms with Gasteiger partial charge < -0.3 is 4.74 Å². The molecule has 1 aromatic carbocycles. The van der Waals surface area contributed by atoms with Crippen LogP contribution in [0, 0.1) is 20.2 Å². The quantitative estimate of drug-likeness (QED) is 0.265. The number of hydrogen-bond donors (Lipinski definition) is 1. The number of nitro benzene ring substituents is 2. The van der Waals surface area contributed by atoms with Crippen LogP contribution in [0.15, 0.2) is 23.3 Å². The number of benzene rings is 1. The highest BCUT2D eigenvalue weighted by molar-refractivity contribution is 6.38. The Morgan fingerprint density at radius 1 is 1.45 bits per heavy atom. The molecule has 11 heteroatoms. The number of alkyl halides is 1. The molecule has 0 aliphatic carbocycles. The molecule has 10 nitrogen and oxygen atoms in total. The van der Waals surface area contributed by atoms with Gasteiger partial charge in [0.2, 0.25) is 0 Å². The third-order valence-electron chi connectivity index (χ3n) is 2.29. The Bertz CT molecular complexity index is 621. The molecule has 0 amide bonds. The van der Waals surface area contributed by atoms with Gasteiger partial charge in [0, 0.05) is 6.07 Å². The van der Waals surface area contributed by atoms with E-state index in [0.717, 1.165) is 24.4 Å². The summed E-state index contributed by atoms with van der Waals surface area (Å²) in [7, 11) is 0. The summed E-state index contributed by atoms with van der Waals surface area (Å²) in [4.78, 5) is 31.1. The van der Waals surface area contributed by atoms with E-state index < -0.39 is 32.6 Å². The van der Waals surface area contributed by atoms with E-state index in [1.807, 2.05) is 0 Å². The number of non-ortho nitro benzene ring substituents is 1. The second-order valence-corrected chi connectivity index (χ2v) is 4.23. The minimum atomic E-state index is -1.16. The maximum atomic E-state index is 11.2. The van der Waals surface area contributed by atoms with Gasteiger partial charge in [0.15, 0.2) is 5.38 Å². The molecule has 0 aliphatic rings.